The van der Waals surface area contributed by atoms with Crippen LogP contribution in [-0.2, 0) is 11.3 Å². The number of halogens is 1. The molecule has 0 heterocycles. The number of hydrogen-bond donors (Lipinski definition) is 3. The van der Waals surface area contributed by atoms with E-state index >= 15 is 0 Å². The zero-order valence-corrected chi connectivity index (χ0v) is 14.8. The van der Waals surface area contributed by atoms with E-state index < -0.39 is 6.03 Å². The third-order valence-electron chi connectivity index (χ3n) is 3.44. The van der Waals surface area contributed by atoms with Crippen molar-refractivity contribution in [3.05, 3.63) is 28.8 Å². The largest absolute Gasteiger partial charge is 0.496 e. The molecular weight excluding hydrogens is 318 g/mol. The number of imide groups is 1. The molecule has 0 radical (unpaired) electrons. The number of methoxy groups -OCH3 is 1. The first-order valence-electron chi connectivity index (χ1n) is 7.59. The van der Waals surface area contributed by atoms with Crippen molar-refractivity contribution in [1.82, 2.24) is 10.6 Å². The van der Waals surface area contributed by atoms with Gasteiger partial charge in [-0.3, -0.25) is 10.1 Å². The summed E-state index contributed by atoms with van der Waals surface area (Å²) in [5, 5.41) is 5.64. The predicted octanol–water partition coefficient (Wildman–Crippen LogP) is 0.988. The lowest BCUT2D eigenvalue weighted by Crippen LogP contribution is -3.09. The fraction of sp³-hybridized carbons (Fsp3) is 0.500. The molecule has 0 aliphatic carbocycles. The van der Waals surface area contributed by atoms with Gasteiger partial charge in [0.2, 0.25) is 0 Å². The summed E-state index contributed by atoms with van der Waals surface area (Å²) in [4.78, 5) is 24.4. The molecule has 3 amide bonds. The molecule has 3 N–H and O–H groups in total. The van der Waals surface area contributed by atoms with E-state index in [4.69, 9.17) is 16.3 Å². The lowest BCUT2D eigenvalue weighted by molar-refractivity contribution is -0.885. The second kappa shape index (κ2) is 9.37. The van der Waals surface area contributed by atoms with Gasteiger partial charge in [0.05, 0.1) is 14.2 Å². The monoisotopic (exact) mass is 342 g/mol. The zero-order chi connectivity index (χ0) is 17.4. The van der Waals surface area contributed by atoms with Crippen LogP contribution in [0.4, 0.5) is 4.79 Å². The van der Waals surface area contributed by atoms with Crippen molar-refractivity contribution in [2.24, 2.45) is 0 Å². The summed E-state index contributed by atoms with van der Waals surface area (Å²) in [6, 6.07) is 4.94. The lowest BCUT2D eigenvalue weighted by Gasteiger charge is -2.16. The third kappa shape index (κ3) is 6.88. The molecule has 7 heteroatoms. The van der Waals surface area contributed by atoms with Crippen LogP contribution in [0.2, 0.25) is 5.02 Å². The molecule has 0 saturated heterocycles. The summed E-state index contributed by atoms with van der Waals surface area (Å²) in [7, 11) is 3.46. The van der Waals surface area contributed by atoms with E-state index in [1.165, 1.54) is 0 Å². The van der Waals surface area contributed by atoms with E-state index in [1.54, 1.807) is 19.2 Å². The van der Waals surface area contributed by atoms with E-state index in [2.05, 4.69) is 10.6 Å². The SMILES string of the molecule is CC[C@@H](C)NC(=O)NC(=O)C[NH+](C)Cc1cc(Cl)ccc1OC. The second-order valence-electron chi connectivity index (χ2n) is 5.60. The Morgan fingerprint density at radius 2 is 2.09 bits per heavy atom. The standard InChI is InChI=1S/C16H24ClN3O3/c1-5-11(2)18-16(22)19-15(21)10-20(3)9-12-8-13(17)6-7-14(12)23-4/h6-8,11H,5,9-10H2,1-4H3,(H2,18,19,21,22)/p+1/t11-/m1/s1. The molecule has 2 atom stereocenters. The van der Waals surface area contributed by atoms with Crippen molar-refractivity contribution < 1.29 is 19.2 Å². The number of quaternary nitrogens is 1. The van der Waals surface area contributed by atoms with Crippen molar-refractivity contribution >= 4 is 23.5 Å². The Hall–Kier alpha value is -1.79. The Morgan fingerprint density at radius 3 is 2.70 bits per heavy atom. The summed E-state index contributed by atoms with van der Waals surface area (Å²) in [5.74, 6) is 0.396. The molecule has 0 bridgehead atoms. The Labute approximate surface area is 142 Å². The smallest absolute Gasteiger partial charge is 0.321 e. The Balaban J connectivity index is 2.53. The van der Waals surface area contributed by atoms with E-state index in [-0.39, 0.29) is 18.5 Å². The normalized spacial score (nSPS) is 13.1. The van der Waals surface area contributed by atoms with Crippen molar-refractivity contribution in [2.45, 2.75) is 32.9 Å². The van der Waals surface area contributed by atoms with Gasteiger partial charge in [-0.15, -0.1) is 0 Å². The van der Waals surface area contributed by atoms with E-state index in [0.717, 1.165) is 22.6 Å². The predicted molar refractivity (Wildman–Crippen MR) is 89.9 cm³/mol. The van der Waals surface area contributed by atoms with Crippen molar-refractivity contribution in [3.8, 4) is 5.75 Å². The number of benzene rings is 1. The molecule has 6 nitrogen and oxygen atoms in total. The van der Waals surface area contributed by atoms with Crippen molar-refractivity contribution in [1.29, 1.82) is 0 Å². The number of nitrogens with one attached hydrogen (secondary N) is 3. The van der Waals surface area contributed by atoms with Crippen molar-refractivity contribution in [2.75, 3.05) is 20.7 Å². The maximum atomic E-state index is 11.9. The summed E-state index contributed by atoms with van der Waals surface area (Å²) in [5.41, 5.74) is 0.911. The summed E-state index contributed by atoms with van der Waals surface area (Å²) in [6.07, 6.45) is 0.807. The minimum Gasteiger partial charge on any atom is -0.496 e. The van der Waals surface area contributed by atoms with Crippen LogP contribution in [0.3, 0.4) is 0 Å². The van der Waals surface area contributed by atoms with Gasteiger partial charge in [-0.05, 0) is 31.5 Å². The Kier molecular flexibility index (Phi) is 7.85. The van der Waals surface area contributed by atoms with Gasteiger partial charge < -0.3 is 15.0 Å². The number of ether oxygens (including phenoxy) is 1. The molecule has 0 saturated carbocycles. The van der Waals surface area contributed by atoms with Gasteiger partial charge in [-0.25, -0.2) is 4.79 Å². The fourth-order valence-electron chi connectivity index (χ4n) is 2.08. The number of urea groups is 1. The quantitative estimate of drug-likeness (QED) is 0.692. The van der Waals surface area contributed by atoms with Crippen LogP contribution >= 0.6 is 11.6 Å². The molecule has 0 spiro atoms. The number of hydrogen-bond acceptors (Lipinski definition) is 3. The highest BCUT2D eigenvalue weighted by atomic mass is 35.5. The van der Waals surface area contributed by atoms with Crippen LogP contribution in [0.5, 0.6) is 5.75 Å². The highest BCUT2D eigenvalue weighted by Crippen LogP contribution is 2.21. The first-order valence-corrected chi connectivity index (χ1v) is 7.97. The van der Waals surface area contributed by atoms with Gasteiger partial charge in [0, 0.05) is 16.6 Å². The van der Waals surface area contributed by atoms with E-state index in [9.17, 15) is 9.59 Å². The lowest BCUT2D eigenvalue weighted by atomic mass is 10.2. The first-order chi connectivity index (χ1) is 10.8. The molecule has 1 aromatic rings. The van der Waals surface area contributed by atoms with Gasteiger partial charge in [0.25, 0.3) is 5.91 Å². The van der Waals surface area contributed by atoms with Crippen LogP contribution in [0.25, 0.3) is 0 Å². The first kappa shape index (κ1) is 19.3. The average molecular weight is 343 g/mol. The van der Waals surface area contributed by atoms with Gasteiger partial charge in [0.15, 0.2) is 6.54 Å². The maximum absolute atomic E-state index is 11.9. The van der Waals surface area contributed by atoms with Gasteiger partial charge in [-0.2, -0.15) is 0 Å². The molecule has 1 unspecified atom stereocenters. The molecule has 0 aromatic heterocycles. The number of rotatable bonds is 7. The molecular formula is C16H25ClN3O3+. The third-order valence-corrected chi connectivity index (χ3v) is 3.67. The summed E-state index contributed by atoms with van der Waals surface area (Å²) in [6.45, 7) is 4.57. The minimum atomic E-state index is -0.461. The van der Waals surface area contributed by atoms with Crippen LogP contribution in [0.1, 0.15) is 25.8 Å². The molecule has 23 heavy (non-hydrogen) atoms. The number of carbonyl (C=O) groups excluding carboxylic acids is 2. The zero-order valence-electron chi connectivity index (χ0n) is 14.0. The molecule has 0 aliphatic rings. The van der Waals surface area contributed by atoms with Crippen molar-refractivity contribution in [3.63, 3.8) is 0 Å². The van der Waals surface area contributed by atoms with Crippen LogP contribution < -0.4 is 20.3 Å². The number of carbonyl (C=O) groups is 2. The fourth-order valence-corrected chi connectivity index (χ4v) is 2.27. The molecule has 0 fully saturated rings. The number of likely N-dealkylation sites (N-methyl/N-ethyl adjacent to an activating group) is 1. The van der Waals surface area contributed by atoms with Crippen LogP contribution in [0.15, 0.2) is 18.2 Å². The van der Waals surface area contributed by atoms with E-state index in [1.807, 2.05) is 27.0 Å². The molecule has 128 valence electrons. The van der Waals surface area contributed by atoms with Gasteiger partial charge in [0.1, 0.15) is 12.3 Å². The highest BCUT2D eigenvalue weighted by molar-refractivity contribution is 6.30. The second-order valence-corrected chi connectivity index (χ2v) is 6.03. The Bertz CT molecular complexity index is 551. The molecule has 1 aromatic carbocycles. The minimum absolute atomic E-state index is 0.0311. The van der Waals surface area contributed by atoms with Gasteiger partial charge >= 0.3 is 6.03 Å². The Morgan fingerprint density at radius 1 is 1.39 bits per heavy atom. The summed E-state index contributed by atoms with van der Waals surface area (Å²) < 4.78 is 5.29. The molecule has 0 aliphatic heterocycles. The van der Waals surface area contributed by atoms with Crippen LogP contribution in [-0.4, -0.2) is 38.7 Å². The van der Waals surface area contributed by atoms with Crippen LogP contribution in [0, 0.1) is 0 Å². The average Bonchev–Trinajstić information content (AvgIpc) is 2.46. The van der Waals surface area contributed by atoms with E-state index in [0.29, 0.717) is 11.6 Å². The highest BCUT2D eigenvalue weighted by Gasteiger charge is 2.16. The van der Waals surface area contributed by atoms with Gasteiger partial charge in [-0.1, -0.05) is 18.5 Å². The summed E-state index contributed by atoms with van der Waals surface area (Å²) >= 11 is 6.00. The molecule has 1 rings (SSSR count). The number of amides is 3. The topological polar surface area (TPSA) is 71.9 Å². The maximum Gasteiger partial charge on any atom is 0.321 e.